The number of thioether (sulfide) groups is 1. The molecular formula is C17H18N2OS. The van der Waals surface area contributed by atoms with E-state index in [1.54, 1.807) is 11.8 Å². The Kier molecular flexibility index (Phi) is 4.25. The van der Waals surface area contributed by atoms with E-state index >= 15 is 0 Å². The van der Waals surface area contributed by atoms with Crippen LogP contribution < -0.4 is 0 Å². The highest BCUT2D eigenvalue weighted by atomic mass is 32.2. The van der Waals surface area contributed by atoms with Crippen LogP contribution in [0.15, 0.2) is 53.7 Å². The predicted octanol–water partition coefficient (Wildman–Crippen LogP) is 3.78. The van der Waals surface area contributed by atoms with E-state index < -0.39 is 0 Å². The monoisotopic (exact) mass is 298 g/mol. The summed E-state index contributed by atoms with van der Waals surface area (Å²) in [6, 6.07) is 13.8. The first-order valence-electron chi connectivity index (χ1n) is 7.15. The van der Waals surface area contributed by atoms with E-state index in [9.17, 15) is 4.79 Å². The highest BCUT2D eigenvalue weighted by molar-refractivity contribution is 7.98. The van der Waals surface area contributed by atoms with Crippen LogP contribution in [0.25, 0.3) is 0 Å². The van der Waals surface area contributed by atoms with Crippen LogP contribution in [0, 0.1) is 0 Å². The maximum atomic E-state index is 12.7. The Hall–Kier alpha value is -1.81. The minimum Gasteiger partial charge on any atom is -0.332 e. The number of hydrogen-bond donors (Lipinski definition) is 0. The van der Waals surface area contributed by atoms with Crippen molar-refractivity contribution in [2.75, 3.05) is 12.8 Å². The first-order valence-corrected chi connectivity index (χ1v) is 8.38. The van der Waals surface area contributed by atoms with E-state index in [4.69, 9.17) is 0 Å². The first-order chi connectivity index (χ1) is 10.3. The number of pyridine rings is 1. The first kappa shape index (κ1) is 14.1. The number of rotatable bonds is 3. The highest BCUT2D eigenvalue weighted by Gasteiger charge is 2.30. The normalized spacial score (nSPS) is 18.0. The predicted molar refractivity (Wildman–Crippen MR) is 85.5 cm³/mol. The molecule has 0 aliphatic carbocycles. The van der Waals surface area contributed by atoms with Crippen molar-refractivity contribution in [2.45, 2.75) is 23.9 Å². The van der Waals surface area contributed by atoms with Gasteiger partial charge in [-0.25, -0.2) is 4.98 Å². The third kappa shape index (κ3) is 2.95. The van der Waals surface area contributed by atoms with Crippen molar-refractivity contribution in [3.63, 3.8) is 0 Å². The van der Waals surface area contributed by atoms with Gasteiger partial charge in [-0.1, -0.05) is 24.3 Å². The Labute approximate surface area is 129 Å². The smallest absolute Gasteiger partial charge is 0.254 e. The molecule has 1 aromatic carbocycles. The second-order valence-corrected chi connectivity index (χ2v) is 5.98. The Balaban J connectivity index is 1.83. The van der Waals surface area contributed by atoms with Crippen molar-refractivity contribution >= 4 is 17.7 Å². The number of aromatic nitrogens is 1. The molecule has 1 aliphatic rings. The summed E-state index contributed by atoms with van der Waals surface area (Å²) in [5.74, 6) is 0.118. The molecule has 1 fully saturated rings. The molecule has 3 nitrogen and oxygen atoms in total. The molecule has 1 atom stereocenters. The average Bonchev–Trinajstić information content (AvgIpc) is 3.04. The van der Waals surface area contributed by atoms with Gasteiger partial charge in [0.25, 0.3) is 5.91 Å². The molecule has 4 heteroatoms. The molecule has 2 heterocycles. The molecule has 1 aliphatic heterocycles. The summed E-state index contributed by atoms with van der Waals surface area (Å²) in [6.07, 6.45) is 5.99. The van der Waals surface area contributed by atoms with Crippen LogP contribution in [0.5, 0.6) is 0 Å². The Morgan fingerprint density at radius 1 is 1.24 bits per heavy atom. The van der Waals surface area contributed by atoms with Crippen molar-refractivity contribution in [3.8, 4) is 0 Å². The van der Waals surface area contributed by atoms with Gasteiger partial charge in [0.1, 0.15) is 0 Å². The van der Waals surface area contributed by atoms with Crippen LogP contribution >= 0.6 is 11.8 Å². The topological polar surface area (TPSA) is 33.2 Å². The van der Waals surface area contributed by atoms with Gasteiger partial charge < -0.3 is 4.90 Å². The maximum Gasteiger partial charge on any atom is 0.254 e. The largest absolute Gasteiger partial charge is 0.332 e. The molecule has 1 amide bonds. The summed E-state index contributed by atoms with van der Waals surface area (Å²) in [4.78, 5) is 19.1. The summed E-state index contributed by atoms with van der Waals surface area (Å²) in [6.45, 7) is 0.822. The van der Waals surface area contributed by atoms with Gasteiger partial charge >= 0.3 is 0 Å². The van der Waals surface area contributed by atoms with E-state index in [1.165, 1.54) is 0 Å². The van der Waals surface area contributed by atoms with Gasteiger partial charge in [-0.05, 0) is 42.9 Å². The van der Waals surface area contributed by atoms with Crippen LogP contribution in [0.2, 0.25) is 0 Å². The number of carbonyl (C=O) groups excluding carboxylic acids is 1. The van der Waals surface area contributed by atoms with Crippen molar-refractivity contribution in [1.29, 1.82) is 0 Å². The second-order valence-electron chi connectivity index (χ2n) is 5.16. The minimum absolute atomic E-state index is 0.118. The fourth-order valence-corrected chi connectivity index (χ4v) is 3.17. The summed E-state index contributed by atoms with van der Waals surface area (Å²) in [5, 5.41) is 1.01. The molecular weight excluding hydrogens is 280 g/mol. The summed E-state index contributed by atoms with van der Waals surface area (Å²) in [7, 11) is 0. The number of amides is 1. The van der Waals surface area contributed by atoms with Gasteiger partial charge in [-0.2, -0.15) is 0 Å². The summed E-state index contributed by atoms with van der Waals surface area (Å²) < 4.78 is 0. The van der Waals surface area contributed by atoms with Crippen LogP contribution in [0.3, 0.4) is 0 Å². The van der Waals surface area contributed by atoms with E-state index in [2.05, 4.69) is 11.1 Å². The maximum absolute atomic E-state index is 12.7. The zero-order valence-corrected chi connectivity index (χ0v) is 12.8. The highest BCUT2D eigenvalue weighted by Crippen LogP contribution is 2.33. The molecule has 0 saturated carbocycles. The van der Waals surface area contributed by atoms with Crippen LogP contribution in [-0.2, 0) is 0 Å². The van der Waals surface area contributed by atoms with Crippen molar-refractivity contribution < 1.29 is 4.79 Å². The van der Waals surface area contributed by atoms with Gasteiger partial charge in [0.15, 0.2) is 0 Å². The Morgan fingerprint density at radius 2 is 2.05 bits per heavy atom. The lowest BCUT2D eigenvalue weighted by atomic mass is 10.1. The lowest BCUT2D eigenvalue weighted by Crippen LogP contribution is -2.30. The average molecular weight is 298 g/mol. The lowest BCUT2D eigenvalue weighted by Gasteiger charge is -2.25. The standard InChI is InChI=1S/C17H18N2OS/c1-21-16-10-9-14(12-18-16)15-8-5-11-19(15)17(20)13-6-3-2-4-7-13/h2-4,6-7,9-10,12,15H,5,8,11H2,1H3. The zero-order valence-electron chi connectivity index (χ0n) is 12.0. The van der Waals surface area contributed by atoms with Crippen LogP contribution in [0.1, 0.15) is 34.8 Å². The van der Waals surface area contributed by atoms with E-state index in [0.717, 1.165) is 35.5 Å². The zero-order chi connectivity index (χ0) is 14.7. The Morgan fingerprint density at radius 3 is 2.71 bits per heavy atom. The molecule has 0 bridgehead atoms. The number of benzene rings is 1. The molecule has 1 aromatic heterocycles. The molecule has 108 valence electrons. The summed E-state index contributed by atoms with van der Waals surface area (Å²) in [5.41, 5.74) is 1.90. The molecule has 1 unspecified atom stereocenters. The molecule has 3 rings (SSSR count). The Bertz CT molecular complexity index is 612. The van der Waals surface area contributed by atoms with Gasteiger partial charge in [-0.15, -0.1) is 11.8 Å². The second kappa shape index (κ2) is 6.31. The van der Waals surface area contributed by atoms with Crippen molar-refractivity contribution in [3.05, 3.63) is 59.8 Å². The van der Waals surface area contributed by atoms with Crippen LogP contribution in [0.4, 0.5) is 0 Å². The number of carbonyl (C=O) groups is 1. The summed E-state index contributed by atoms with van der Waals surface area (Å²) >= 11 is 1.63. The number of nitrogens with zero attached hydrogens (tertiary/aromatic N) is 2. The third-order valence-electron chi connectivity index (χ3n) is 3.89. The molecule has 0 spiro atoms. The molecule has 21 heavy (non-hydrogen) atoms. The quantitative estimate of drug-likeness (QED) is 0.809. The molecule has 2 aromatic rings. The lowest BCUT2D eigenvalue weighted by molar-refractivity contribution is 0.0735. The minimum atomic E-state index is 0.118. The number of likely N-dealkylation sites (tertiary alicyclic amines) is 1. The van der Waals surface area contributed by atoms with E-state index in [1.807, 2.05) is 53.8 Å². The van der Waals surface area contributed by atoms with E-state index in [0.29, 0.717) is 0 Å². The molecule has 0 radical (unpaired) electrons. The third-order valence-corrected chi connectivity index (χ3v) is 4.55. The van der Waals surface area contributed by atoms with Gasteiger partial charge in [0, 0.05) is 18.3 Å². The van der Waals surface area contributed by atoms with Crippen molar-refractivity contribution in [1.82, 2.24) is 9.88 Å². The van der Waals surface area contributed by atoms with Gasteiger partial charge in [0.2, 0.25) is 0 Å². The van der Waals surface area contributed by atoms with Gasteiger partial charge in [-0.3, -0.25) is 4.79 Å². The van der Waals surface area contributed by atoms with Gasteiger partial charge in [0.05, 0.1) is 11.1 Å². The SMILES string of the molecule is CSc1ccc(C2CCCN2C(=O)c2ccccc2)cn1. The van der Waals surface area contributed by atoms with E-state index in [-0.39, 0.29) is 11.9 Å². The fourth-order valence-electron chi connectivity index (χ4n) is 2.81. The van der Waals surface area contributed by atoms with Crippen LogP contribution in [-0.4, -0.2) is 28.6 Å². The molecule has 0 N–H and O–H groups in total. The van der Waals surface area contributed by atoms with Crippen molar-refractivity contribution in [2.24, 2.45) is 0 Å². The number of hydrogen-bond acceptors (Lipinski definition) is 3. The fraction of sp³-hybridized carbons (Fsp3) is 0.294. The molecule has 1 saturated heterocycles.